The molecule has 0 spiro atoms. The molecule has 7 nitrogen and oxygen atoms in total. The van der Waals surface area contributed by atoms with Crippen molar-refractivity contribution in [1.82, 2.24) is 4.90 Å². The Balaban J connectivity index is 3.17. The number of benzene rings is 1. The van der Waals surface area contributed by atoms with Crippen LogP contribution in [0.4, 0.5) is 14.5 Å². The van der Waals surface area contributed by atoms with Gasteiger partial charge in [-0.1, -0.05) is 14.4 Å². The third-order valence-electron chi connectivity index (χ3n) is 4.28. The van der Waals surface area contributed by atoms with Crippen LogP contribution in [0.5, 0.6) is 5.75 Å². The maximum atomic E-state index is 14.5. The van der Waals surface area contributed by atoms with Crippen molar-refractivity contribution in [2.75, 3.05) is 40.5 Å². The smallest absolute Gasteiger partial charge is 0.293 e. The quantitative estimate of drug-likeness (QED) is 0.174. The van der Waals surface area contributed by atoms with Crippen molar-refractivity contribution in [3.63, 3.8) is 0 Å². The predicted octanol–water partition coefficient (Wildman–Crippen LogP) is 3.70. The number of ether oxygens (including phenoxy) is 2. The average Bonchev–Trinajstić information content (AvgIpc) is 2.67. The molecule has 0 radical (unpaired) electrons. The number of aliphatic hydroxyl groups is 1. The Kier molecular flexibility index (Phi) is 10.1. The average molecular weight is 447 g/mol. The van der Waals surface area contributed by atoms with Crippen LogP contribution in [-0.4, -0.2) is 68.2 Å². The Morgan fingerprint density at radius 3 is 2.50 bits per heavy atom. The standard InChI is InChI=1S/C20H32F2N3O4P/c1-7-25(5)13-23-17-11-18(27-6)16(10-15(17)4)19(26,20(21,22)30)12-28-8-9-29-24-14(2)3/h10-11,13,26H,7-9,12,30H2,1-6H3. The molecule has 10 heteroatoms. The van der Waals surface area contributed by atoms with Gasteiger partial charge in [0.05, 0.1) is 38.1 Å². The number of aryl methyl sites for hydroxylation is 1. The van der Waals surface area contributed by atoms with Crippen LogP contribution >= 0.6 is 9.24 Å². The summed E-state index contributed by atoms with van der Waals surface area (Å²) in [6.45, 7) is 7.37. The van der Waals surface area contributed by atoms with Crippen molar-refractivity contribution in [1.29, 1.82) is 0 Å². The molecule has 0 saturated carbocycles. The lowest BCUT2D eigenvalue weighted by atomic mass is 9.91. The van der Waals surface area contributed by atoms with E-state index in [0.717, 1.165) is 12.3 Å². The number of hydrogen-bond donors (Lipinski definition) is 1. The first-order valence-electron chi connectivity index (χ1n) is 9.49. The zero-order valence-electron chi connectivity index (χ0n) is 18.4. The van der Waals surface area contributed by atoms with E-state index in [-0.39, 0.29) is 24.5 Å². The second-order valence-corrected chi connectivity index (χ2v) is 7.79. The molecule has 1 rings (SSSR count). The molecule has 1 aromatic rings. The van der Waals surface area contributed by atoms with Crippen LogP contribution in [0.3, 0.4) is 0 Å². The van der Waals surface area contributed by atoms with E-state index in [4.69, 9.17) is 14.3 Å². The molecule has 30 heavy (non-hydrogen) atoms. The Hall–Kier alpha value is -1.83. The van der Waals surface area contributed by atoms with Gasteiger partial charge in [-0.05, 0) is 39.3 Å². The Labute approximate surface area is 179 Å². The SMILES string of the molecule is CCN(C)C=Nc1cc(OC)c(C(O)(COCCON=C(C)C)C(F)(F)P)cc1C. The number of oxime groups is 1. The molecular formula is C20H32F2N3O4P. The number of halogens is 2. The first-order chi connectivity index (χ1) is 14.0. The summed E-state index contributed by atoms with van der Waals surface area (Å²) in [5.74, 6) is 0.0857. The number of hydrogen-bond acceptors (Lipinski definition) is 6. The lowest BCUT2D eigenvalue weighted by Gasteiger charge is -2.35. The highest BCUT2D eigenvalue weighted by molar-refractivity contribution is 7.18. The maximum absolute atomic E-state index is 14.5. The number of rotatable bonds is 12. The topological polar surface area (TPSA) is 75.9 Å². The Morgan fingerprint density at radius 1 is 1.30 bits per heavy atom. The summed E-state index contributed by atoms with van der Waals surface area (Å²) in [5.41, 5.74) is -4.44. The van der Waals surface area contributed by atoms with Crippen LogP contribution in [0, 0.1) is 6.92 Å². The molecule has 2 unspecified atom stereocenters. The normalized spacial score (nSPS) is 13.8. The summed E-state index contributed by atoms with van der Waals surface area (Å²) >= 11 is 0. The van der Waals surface area contributed by atoms with Gasteiger partial charge in [0.25, 0.3) is 5.66 Å². The number of methoxy groups -OCH3 is 1. The molecule has 1 N–H and O–H groups in total. The fourth-order valence-electron chi connectivity index (χ4n) is 2.40. The minimum Gasteiger partial charge on any atom is -0.496 e. The van der Waals surface area contributed by atoms with Crippen LogP contribution in [0.1, 0.15) is 31.9 Å². The summed E-state index contributed by atoms with van der Waals surface area (Å²) in [5, 5.41) is 14.7. The summed E-state index contributed by atoms with van der Waals surface area (Å²) in [7, 11) is 4.60. The van der Waals surface area contributed by atoms with Gasteiger partial charge in [-0.3, -0.25) is 0 Å². The number of nitrogens with zero attached hydrogens (tertiary/aromatic N) is 3. The van der Waals surface area contributed by atoms with Gasteiger partial charge >= 0.3 is 0 Å². The summed E-state index contributed by atoms with van der Waals surface area (Å²) in [4.78, 5) is 11.2. The second kappa shape index (κ2) is 11.5. The lowest BCUT2D eigenvalue weighted by molar-refractivity contribution is -0.166. The summed E-state index contributed by atoms with van der Waals surface area (Å²) < 4.78 is 39.5. The minimum absolute atomic E-state index is 0.0210. The maximum Gasteiger partial charge on any atom is 0.293 e. The van der Waals surface area contributed by atoms with Crippen molar-refractivity contribution in [3.05, 3.63) is 23.3 Å². The third-order valence-corrected chi connectivity index (χ3v) is 4.76. The fourth-order valence-corrected chi connectivity index (χ4v) is 2.63. The van der Waals surface area contributed by atoms with Crippen LogP contribution in [-0.2, 0) is 15.2 Å². The molecule has 0 saturated heterocycles. The molecule has 2 atom stereocenters. The molecule has 0 aromatic heterocycles. The minimum atomic E-state index is -3.58. The van der Waals surface area contributed by atoms with Crippen molar-refractivity contribution < 1.29 is 28.2 Å². The molecule has 1 aromatic carbocycles. The van der Waals surface area contributed by atoms with Crippen molar-refractivity contribution >= 4 is 27.0 Å². The fraction of sp³-hybridized carbons (Fsp3) is 0.600. The molecule has 0 aliphatic carbocycles. The first-order valence-corrected chi connectivity index (χ1v) is 10.1. The summed E-state index contributed by atoms with van der Waals surface area (Å²) in [6, 6.07) is 2.97. The van der Waals surface area contributed by atoms with Crippen molar-refractivity contribution in [3.8, 4) is 5.75 Å². The highest BCUT2D eigenvalue weighted by Gasteiger charge is 2.52. The largest absolute Gasteiger partial charge is 0.496 e. The number of aliphatic imine (C=N–C) groups is 1. The monoisotopic (exact) mass is 447 g/mol. The molecule has 170 valence electrons. The molecule has 0 aliphatic rings. The number of alkyl halides is 2. The third kappa shape index (κ3) is 7.15. The highest BCUT2D eigenvalue weighted by atomic mass is 31.0. The van der Waals surface area contributed by atoms with E-state index in [0.29, 0.717) is 11.3 Å². The van der Waals surface area contributed by atoms with Gasteiger partial charge in [0.15, 0.2) is 5.60 Å². The molecule has 0 fully saturated rings. The van der Waals surface area contributed by atoms with E-state index in [9.17, 15) is 13.9 Å². The van der Waals surface area contributed by atoms with Gasteiger partial charge in [-0.15, -0.1) is 0 Å². The zero-order chi connectivity index (χ0) is 22.9. The van der Waals surface area contributed by atoms with Gasteiger partial charge in [0.2, 0.25) is 0 Å². The van der Waals surface area contributed by atoms with Gasteiger partial charge in [-0.2, -0.15) is 8.78 Å². The molecule has 0 bridgehead atoms. The van der Waals surface area contributed by atoms with Crippen LogP contribution in [0.2, 0.25) is 0 Å². The van der Waals surface area contributed by atoms with E-state index in [1.54, 1.807) is 27.1 Å². The van der Waals surface area contributed by atoms with E-state index in [1.165, 1.54) is 28.5 Å². The van der Waals surface area contributed by atoms with Gasteiger partial charge in [0.1, 0.15) is 12.4 Å². The van der Waals surface area contributed by atoms with E-state index in [2.05, 4.69) is 10.1 Å². The van der Waals surface area contributed by atoms with Crippen molar-refractivity contribution in [2.45, 2.75) is 39.0 Å². The zero-order valence-corrected chi connectivity index (χ0v) is 19.6. The molecule has 0 heterocycles. The highest BCUT2D eigenvalue weighted by Crippen LogP contribution is 2.47. The van der Waals surface area contributed by atoms with Crippen LogP contribution < -0.4 is 4.74 Å². The van der Waals surface area contributed by atoms with E-state index >= 15 is 0 Å². The molecule has 0 aliphatic heterocycles. The first kappa shape index (κ1) is 26.2. The van der Waals surface area contributed by atoms with Gasteiger partial charge in [0, 0.05) is 25.2 Å². The Morgan fingerprint density at radius 2 is 1.97 bits per heavy atom. The van der Waals surface area contributed by atoms with Gasteiger partial charge < -0.3 is 24.3 Å². The van der Waals surface area contributed by atoms with Crippen LogP contribution in [0.25, 0.3) is 0 Å². The predicted molar refractivity (Wildman–Crippen MR) is 118 cm³/mol. The second-order valence-electron chi connectivity index (χ2n) is 7.06. The van der Waals surface area contributed by atoms with Gasteiger partial charge in [-0.25, -0.2) is 4.99 Å². The van der Waals surface area contributed by atoms with E-state index in [1.807, 2.05) is 18.9 Å². The molecular weight excluding hydrogens is 415 g/mol. The van der Waals surface area contributed by atoms with E-state index < -0.39 is 17.9 Å². The molecule has 0 amide bonds. The summed E-state index contributed by atoms with van der Waals surface area (Å²) in [6.07, 6.45) is 1.64. The Bertz CT molecular complexity index is 752. The van der Waals surface area contributed by atoms with Crippen molar-refractivity contribution in [2.24, 2.45) is 10.1 Å². The lowest BCUT2D eigenvalue weighted by Crippen LogP contribution is -2.45. The van der Waals surface area contributed by atoms with Crippen LogP contribution in [0.15, 0.2) is 22.3 Å².